The third-order valence-corrected chi connectivity index (χ3v) is 3.15. The number of pyridine rings is 1. The molecular weight excluding hydrogens is 200 g/mol. The fourth-order valence-electron chi connectivity index (χ4n) is 2.16. The summed E-state index contributed by atoms with van der Waals surface area (Å²) < 4.78 is 5.36. The molecule has 0 fully saturated rings. The van der Waals surface area contributed by atoms with Gasteiger partial charge in [0, 0.05) is 6.20 Å². The highest BCUT2D eigenvalue weighted by Crippen LogP contribution is 2.31. The lowest BCUT2D eigenvalue weighted by Crippen LogP contribution is -2.26. The minimum atomic E-state index is 0.270. The van der Waals surface area contributed by atoms with Crippen molar-refractivity contribution in [1.82, 2.24) is 10.3 Å². The summed E-state index contributed by atoms with van der Waals surface area (Å²) in [5, 5.41) is 3.35. The van der Waals surface area contributed by atoms with E-state index in [-0.39, 0.29) is 6.04 Å². The molecule has 0 saturated heterocycles. The van der Waals surface area contributed by atoms with Gasteiger partial charge in [0.25, 0.3) is 0 Å². The van der Waals surface area contributed by atoms with E-state index in [1.165, 1.54) is 0 Å². The second kappa shape index (κ2) is 6.48. The van der Waals surface area contributed by atoms with Crippen molar-refractivity contribution in [3.8, 4) is 5.75 Å². The maximum Gasteiger partial charge on any atom is 0.141 e. The van der Waals surface area contributed by atoms with E-state index >= 15 is 0 Å². The minimum Gasteiger partial charge on any atom is -0.495 e. The summed E-state index contributed by atoms with van der Waals surface area (Å²) in [7, 11) is 3.68. The normalized spacial score (nSPS) is 12.8. The topological polar surface area (TPSA) is 34.2 Å². The van der Waals surface area contributed by atoms with E-state index in [4.69, 9.17) is 4.74 Å². The summed E-state index contributed by atoms with van der Waals surface area (Å²) in [5.41, 5.74) is 1.02. The summed E-state index contributed by atoms with van der Waals surface area (Å²) in [5.74, 6) is 1.46. The zero-order valence-corrected chi connectivity index (χ0v) is 10.7. The van der Waals surface area contributed by atoms with E-state index in [1.54, 1.807) is 7.11 Å². The number of aromatic nitrogens is 1. The van der Waals surface area contributed by atoms with Crippen molar-refractivity contribution in [2.24, 2.45) is 5.92 Å². The van der Waals surface area contributed by atoms with Gasteiger partial charge in [-0.15, -0.1) is 0 Å². The van der Waals surface area contributed by atoms with Gasteiger partial charge in [-0.1, -0.05) is 26.7 Å². The van der Waals surface area contributed by atoms with Crippen LogP contribution < -0.4 is 10.1 Å². The average molecular weight is 222 g/mol. The molecule has 0 radical (unpaired) electrons. The molecule has 1 rings (SSSR count). The van der Waals surface area contributed by atoms with Crippen LogP contribution in [0.5, 0.6) is 5.75 Å². The summed E-state index contributed by atoms with van der Waals surface area (Å²) in [6, 6.07) is 4.14. The van der Waals surface area contributed by atoms with E-state index in [2.05, 4.69) is 24.1 Å². The highest BCUT2D eigenvalue weighted by Gasteiger charge is 2.22. The first kappa shape index (κ1) is 13.0. The maximum absolute atomic E-state index is 5.36. The van der Waals surface area contributed by atoms with Crippen LogP contribution in [0, 0.1) is 5.92 Å². The zero-order chi connectivity index (χ0) is 12.0. The van der Waals surface area contributed by atoms with Gasteiger partial charge in [0.2, 0.25) is 0 Å². The molecule has 1 atom stereocenters. The van der Waals surface area contributed by atoms with Gasteiger partial charge in [-0.05, 0) is 25.1 Å². The predicted octanol–water partition coefficient (Wildman–Crippen LogP) is 2.79. The van der Waals surface area contributed by atoms with Gasteiger partial charge in [-0.25, -0.2) is 0 Å². The largest absolute Gasteiger partial charge is 0.495 e. The Bertz CT molecular complexity index is 311. The minimum absolute atomic E-state index is 0.270. The molecule has 1 aromatic heterocycles. The van der Waals surface area contributed by atoms with E-state index in [1.807, 2.05) is 25.4 Å². The number of rotatable bonds is 6. The molecule has 1 unspecified atom stereocenters. The molecule has 0 aliphatic carbocycles. The predicted molar refractivity (Wildman–Crippen MR) is 66.7 cm³/mol. The number of nitrogens with zero attached hydrogens (tertiary/aromatic N) is 1. The molecule has 0 aromatic carbocycles. The first-order valence-electron chi connectivity index (χ1n) is 5.94. The summed E-state index contributed by atoms with van der Waals surface area (Å²) in [6.07, 6.45) is 4.11. The van der Waals surface area contributed by atoms with Crippen LogP contribution in [-0.4, -0.2) is 19.1 Å². The Hall–Kier alpha value is -1.09. The zero-order valence-electron chi connectivity index (χ0n) is 10.7. The van der Waals surface area contributed by atoms with Crippen LogP contribution in [0.1, 0.15) is 38.4 Å². The molecule has 3 heteroatoms. The highest BCUT2D eigenvalue weighted by molar-refractivity contribution is 5.29. The molecule has 0 saturated carbocycles. The van der Waals surface area contributed by atoms with Crippen LogP contribution in [0.2, 0.25) is 0 Å². The molecular formula is C13H22N2O. The van der Waals surface area contributed by atoms with Gasteiger partial charge in [-0.2, -0.15) is 0 Å². The molecule has 0 aliphatic heterocycles. The number of nitrogens with one attached hydrogen (secondary N) is 1. The van der Waals surface area contributed by atoms with Crippen molar-refractivity contribution >= 4 is 0 Å². The second-order valence-electron chi connectivity index (χ2n) is 3.93. The van der Waals surface area contributed by atoms with Crippen molar-refractivity contribution < 1.29 is 4.74 Å². The van der Waals surface area contributed by atoms with Gasteiger partial charge in [0.05, 0.1) is 18.8 Å². The van der Waals surface area contributed by atoms with Gasteiger partial charge in [0.1, 0.15) is 5.75 Å². The Morgan fingerprint density at radius 2 is 2.06 bits per heavy atom. The summed E-state index contributed by atoms with van der Waals surface area (Å²) in [4.78, 5) is 4.45. The first-order valence-corrected chi connectivity index (χ1v) is 5.94. The van der Waals surface area contributed by atoms with Crippen molar-refractivity contribution in [2.45, 2.75) is 32.7 Å². The lowest BCUT2D eigenvalue weighted by molar-refractivity contribution is 0.332. The fourth-order valence-corrected chi connectivity index (χ4v) is 2.16. The number of ether oxygens (including phenoxy) is 1. The maximum atomic E-state index is 5.36. The highest BCUT2D eigenvalue weighted by atomic mass is 16.5. The van der Waals surface area contributed by atoms with E-state index in [0.29, 0.717) is 5.92 Å². The van der Waals surface area contributed by atoms with Gasteiger partial charge >= 0.3 is 0 Å². The number of methoxy groups -OCH3 is 1. The average Bonchev–Trinajstić information content (AvgIpc) is 2.35. The SMILES string of the molecule is CCC(CC)C(NC)c1ncccc1OC. The number of hydrogen-bond donors (Lipinski definition) is 1. The molecule has 90 valence electrons. The van der Waals surface area contributed by atoms with Crippen LogP contribution in [0.4, 0.5) is 0 Å². The molecule has 0 aliphatic rings. The molecule has 1 heterocycles. The van der Waals surface area contributed by atoms with Gasteiger partial charge in [-0.3, -0.25) is 4.98 Å². The van der Waals surface area contributed by atoms with Gasteiger partial charge in [0.15, 0.2) is 0 Å². The third-order valence-electron chi connectivity index (χ3n) is 3.15. The lowest BCUT2D eigenvalue weighted by atomic mass is 9.91. The smallest absolute Gasteiger partial charge is 0.141 e. The fraction of sp³-hybridized carbons (Fsp3) is 0.615. The van der Waals surface area contributed by atoms with Crippen molar-refractivity contribution in [1.29, 1.82) is 0 Å². The van der Waals surface area contributed by atoms with E-state index < -0.39 is 0 Å². The molecule has 0 amide bonds. The molecule has 0 bridgehead atoms. The van der Waals surface area contributed by atoms with E-state index in [0.717, 1.165) is 24.3 Å². The Morgan fingerprint density at radius 1 is 1.38 bits per heavy atom. The Kier molecular flexibility index (Phi) is 5.26. The van der Waals surface area contributed by atoms with Crippen LogP contribution in [0.3, 0.4) is 0 Å². The van der Waals surface area contributed by atoms with Crippen molar-refractivity contribution in [2.75, 3.05) is 14.2 Å². The standard InChI is InChI=1S/C13H22N2O/c1-5-10(6-2)12(14-3)13-11(16-4)8-7-9-15-13/h7-10,12,14H,5-6H2,1-4H3. The quantitative estimate of drug-likeness (QED) is 0.803. The Balaban J connectivity index is 3.02. The Labute approximate surface area is 98.2 Å². The van der Waals surface area contributed by atoms with Crippen LogP contribution >= 0.6 is 0 Å². The molecule has 1 N–H and O–H groups in total. The summed E-state index contributed by atoms with van der Waals surface area (Å²) in [6.45, 7) is 4.43. The Morgan fingerprint density at radius 3 is 2.56 bits per heavy atom. The summed E-state index contributed by atoms with van der Waals surface area (Å²) >= 11 is 0. The lowest BCUT2D eigenvalue weighted by Gasteiger charge is -2.25. The van der Waals surface area contributed by atoms with Crippen molar-refractivity contribution in [3.05, 3.63) is 24.0 Å². The second-order valence-corrected chi connectivity index (χ2v) is 3.93. The molecule has 0 spiro atoms. The molecule has 3 nitrogen and oxygen atoms in total. The van der Waals surface area contributed by atoms with Gasteiger partial charge < -0.3 is 10.1 Å². The van der Waals surface area contributed by atoms with Crippen molar-refractivity contribution in [3.63, 3.8) is 0 Å². The molecule has 16 heavy (non-hydrogen) atoms. The third kappa shape index (κ3) is 2.73. The van der Waals surface area contributed by atoms with Crippen LogP contribution in [0.15, 0.2) is 18.3 Å². The molecule has 1 aromatic rings. The first-order chi connectivity index (χ1) is 7.78. The van der Waals surface area contributed by atoms with E-state index in [9.17, 15) is 0 Å². The number of hydrogen-bond acceptors (Lipinski definition) is 3. The van der Waals surface area contributed by atoms with Crippen LogP contribution in [0.25, 0.3) is 0 Å². The van der Waals surface area contributed by atoms with Crippen LogP contribution in [-0.2, 0) is 0 Å². The monoisotopic (exact) mass is 222 g/mol.